The standard InChI is InChI=1S/C15H25NO3S/c1-5-13-11(4)6-14(20-13)15(18)16-7-12(17)9-19-8-10(2)3/h6,10,12,17H,5,7-9H2,1-4H3,(H,16,18). The van der Waals surface area contributed by atoms with Crippen molar-refractivity contribution in [2.45, 2.75) is 40.2 Å². The van der Waals surface area contributed by atoms with Crippen LogP contribution in [0.25, 0.3) is 0 Å². The summed E-state index contributed by atoms with van der Waals surface area (Å²) in [5, 5.41) is 12.5. The second-order valence-corrected chi connectivity index (χ2v) is 6.50. The molecular formula is C15H25NO3S. The van der Waals surface area contributed by atoms with Crippen LogP contribution in [-0.4, -0.2) is 36.9 Å². The first-order valence-electron chi connectivity index (χ1n) is 7.07. The number of ether oxygens (including phenoxy) is 1. The minimum atomic E-state index is -0.663. The summed E-state index contributed by atoms with van der Waals surface area (Å²) in [7, 11) is 0. The Balaban J connectivity index is 2.35. The normalized spacial score (nSPS) is 12.7. The van der Waals surface area contributed by atoms with Crippen LogP contribution in [0.1, 0.15) is 40.9 Å². The molecule has 1 atom stereocenters. The van der Waals surface area contributed by atoms with Gasteiger partial charge >= 0.3 is 0 Å². The van der Waals surface area contributed by atoms with E-state index in [0.717, 1.165) is 12.0 Å². The zero-order valence-corrected chi connectivity index (χ0v) is 13.5. The Kier molecular flexibility index (Phi) is 7.19. The first kappa shape index (κ1) is 17.1. The number of thiophene rings is 1. The lowest BCUT2D eigenvalue weighted by atomic mass is 10.2. The number of aliphatic hydroxyl groups is 1. The van der Waals surface area contributed by atoms with Crippen molar-refractivity contribution < 1.29 is 14.6 Å². The molecule has 0 aromatic carbocycles. The van der Waals surface area contributed by atoms with Gasteiger partial charge in [-0.1, -0.05) is 20.8 Å². The molecule has 2 N–H and O–H groups in total. The van der Waals surface area contributed by atoms with E-state index >= 15 is 0 Å². The van der Waals surface area contributed by atoms with Gasteiger partial charge in [0.05, 0.1) is 17.6 Å². The van der Waals surface area contributed by atoms with Gasteiger partial charge in [-0.3, -0.25) is 4.79 Å². The van der Waals surface area contributed by atoms with Crippen molar-refractivity contribution in [2.75, 3.05) is 19.8 Å². The fourth-order valence-electron chi connectivity index (χ4n) is 1.78. The average molecular weight is 299 g/mol. The van der Waals surface area contributed by atoms with Crippen molar-refractivity contribution in [3.05, 3.63) is 21.4 Å². The van der Waals surface area contributed by atoms with Crippen LogP contribution in [0.4, 0.5) is 0 Å². The topological polar surface area (TPSA) is 58.6 Å². The zero-order chi connectivity index (χ0) is 15.1. The molecule has 0 spiro atoms. The van der Waals surface area contributed by atoms with Crippen molar-refractivity contribution in [2.24, 2.45) is 5.92 Å². The molecule has 0 aliphatic heterocycles. The van der Waals surface area contributed by atoms with E-state index < -0.39 is 6.10 Å². The zero-order valence-electron chi connectivity index (χ0n) is 12.7. The number of carbonyl (C=O) groups is 1. The number of rotatable bonds is 8. The van der Waals surface area contributed by atoms with E-state index in [9.17, 15) is 9.90 Å². The second-order valence-electron chi connectivity index (χ2n) is 5.37. The van der Waals surface area contributed by atoms with Gasteiger partial charge in [0, 0.05) is 18.0 Å². The maximum atomic E-state index is 12.0. The molecule has 1 aromatic rings. The molecule has 114 valence electrons. The number of amides is 1. The molecule has 1 heterocycles. The predicted molar refractivity (Wildman–Crippen MR) is 82.4 cm³/mol. The van der Waals surface area contributed by atoms with Crippen LogP contribution in [0.15, 0.2) is 6.07 Å². The molecule has 1 rings (SSSR count). The molecule has 0 fully saturated rings. The fraction of sp³-hybridized carbons (Fsp3) is 0.667. The Labute approximate surface area is 125 Å². The van der Waals surface area contributed by atoms with Gasteiger partial charge in [0.1, 0.15) is 0 Å². The van der Waals surface area contributed by atoms with Crippen molar-refractivity contribution >= 4 is 17.2 Å². The van der Waals surface area contributed by atoms with Gasteiger partial charge in [-0.15, -0.1) is 11.3 Å². The van der Waals surface area contributed by atoms with E-state index in [-0.39, 0.29) is 19.1 Å². The van der Waals surface area contributed by atoms with Crippen LogP contribution in [0.2, 0.25) is 0 Å². The summed E-state index contributed by atoms with van der Waals surface area (Å²) in [6.07, 6.45) is 0.277. The Morgan fingerprint density at radius 1 is 1.45 bits per heavy atom. The number of carbonyl (C=O) groups excluding carboxylic acids is 1. The number of hydrogen-bond donors (Lipinski definition) is 2. The minimum absolute atomic E-state index is 0.124. The van der Waals surface area contributed by atoms with Gasteiger partial charge in [0.25, 0.3) is 5.91 Å². The fourth-order valence-corrected chi connectivity index (χ4v) is 2.81. The van der Waals surface area contributed by atoms with Crippen molar-refractivity contribution in [1.29, 1.82) is 0 Å². The third kappa shape index (κ3) is 5.61. The van der Waals surface area contributed by atoms with Gasteiger partial charge in [0.2, 0.25) is 0 Å². The molecule has 1 unspecified atom stereocenters. The van der Waals surface area contributed by atoms with Gasteiger partial charge in [-0.05, 0) is 30.9 Å². The summed E-state index contributed by atoms with van der Waals surface area (Å²) in [5.74, 6) is 0.319. The lowest BCUT2D eigenvalue weighted by Gasteiger charge is -2.13. The molecule has 0 radical (unpaired) electrons. The average Bonchev–Trinajstić information content (AvgIpc) is 2.77. The van der Waals surface area contributed by atoms with Gasteiger partial charge in [-0.2, -0.15) is 0 Å². The minimum Gasteiger partial charge on any atom is -0.389 e. The third-order valence-corrected chi connectivity index (χ3v) is 4.21. The van der Waals surface area contributed by atoms with Crippen molar-refractivity contribution in [3.8, 4) is 0 Å². The SMILES string of the molecule is CCc1sc(C(=O)NCC(O)COCC(C)C)cc1C. The number of aryl methyl sites for hydroxylation is 2. The maximum Gasteiger partial charge on any atom is 0.261 e. The smallest absolute Gasteiger partial charge is 0.261 e. The summed E-state index contributed by atoms with van der Waals surface area (Å²) in [5.41, 5.74) is 1.16. The maximum absolute atomic E-state index is 12.0. The lowest BCUT2D eigenvalue weighted by molar-refractivity contribution is 0.0259. The summed E-state index contributed by atoms with van der Waals surface area (Å²) in [6, 6.07) is 1.90. The van der Waals surface area contributed by atoms with E-state index in [1.807, 2.05) is 13.0 Å². The molecule has 0 bridgehead atoms. The highest BCUT2D eigenvalue weighted by atomic mass is 32.1. The molecule has 1 aromatic heterocycles. The summed E-state index contributed by atoms with van der Waals surface area (Å²) >= 11 is 1.52. The van der Waals surface area contributed by atoms with Crippen LogP contribution in [0, 0.1) is 12.8 Å². The third-order valence-electron chi connectivity index (χ3n) is 2.83. The molecule has 20 heavy (non-hydrogen) atoms. The molecule has 0 saturated carbocycles. The largest absolute Gasteiger partial charge is 0.389 e. The van der Waals surface area contributed by atoms with Crippen LogP contribution in [-0.2, 0) is 11.2 Å². The summed E-state index contributed by atoms with van der Waals surface area (Å²) in [6.45, 7) is 9.29. The Hall–Kier alpha value is -0.910. The van der Waals surface area contributed by atoms with Crippen molar-refractivity contribution in [3.63, 3.8) is 0 Å². The Morgan fingerprint density at radius 2 is 2.15 bits per heavy atom. The van der Waals surface area contributed by atoms with Crippen LogP contribution in [0.3, 0.4) is 0 Å². The van der Waals surface area contributed by atoms with E-state index in [2.05, 4.69) is 26.1 Å². The predicted octanol–water partition coefficient (Wildman–Crippen LogP) is 2.38. The van der Waals surface area contributed by atoms with Crippen molar-refractivity contribution in [1.82, 2.24) is 5.32 Å². The van der Waals surface area contributed by atoms with Crippen LogP contribution >= 0.6 is 11.3 Å². The molecule has 4 nitrogen and oxygen atoms in total. The highest BCUT2D eigenvalue weighted by Crippen LogP contribution is 2.22. The quantitative estimate of drug-likeness (QED) is 0.775. The number of nitrogens with one attached hydrogen (secondary N) is 1. The van der Waals surface area contributed by atoms with E-state index in [1.54, 1.807) is 0 Å². The molecule has 0 saturated heterocycles. The molecule has 0 aliphatic carbocycles. The lowest BCUT2D eigenvalue weighted by Crippen LogP contribution is -2.34. The number of aliphatic hydroxyl groups excluding tert-OH is 1. The van der Waals surface area contributed by atoms with Gasteiger partial charge in [0.15, 0.2) is 0 Å². The first-order chi connectivity index (χ1) is 9.43. The van der Waals surface area contributed by atoms with Crippen LogP contribution < -0.4 is 5.32 Å². The van der Waals surface area contributed by atoms with Gasteiger partial charge < -0.3 is 15.2 Å². The van der Waals surface area contributed by atoms with E-state index in [1.165, 1.54) is 16.2 Å². The molecule has 0 aliphatic rings. The first-order valence-corrected chi connectivity index (χ1v) is 7.89. The molecular weight excluding hydrogens is 274 g/mol. The highest BCUT2D eigenvalue weighted by molar-refractivity contribution is 7.14. The van der Waals surface area contributed by atoms with Crippen LogP contribution in [0.5, 0.6) is 0 Å². The molecule has 5 heteroatoms. The van der Waals surface area contributed by atoms with Gasteiger partial charge in [-0.25, -0.2) is 0 Å². The summed E-state index contributed by atoms with van der Waals surface area (Å²) < 4.78 is 5.34. The second kappa shape index (κ2) is 8.39. The molecule has 1 amide bonds. The monoisotopic (exact) mass is 299 g/mol. The number of hydrogen-bond acceptors (Lipinski definition) is 4. The highest BCUT2D eigenvalue weighted by Gasteiger charge is 2.13. The Morgan fingerprint density at radius 3 is 2.70 bits per heavy atom. The van der Waals surface area contributed by atoms with E-state index in [0.29, 0.717) is 17.4 Å². The Bertz CT molecular complexity index is 429. The van der Waals surface area contributed by atoms with E-state index in [4.69, 9.17) is 4.74 Å². The summed E-state index contributed by atoms with van der Waals surface area (Å²) in [4.78, 5) is 13.9.